The molecule has 2 heterocycles. The van der Waals surface area contributed by atoms with Gasteiger partial charge in [-0.2, -0.15) is 0 Å². The van der Waals surface area contributed by atoms with E-state index in [1.807, 2.05) is 41.3 Å². The molecule has 3 aromatic rings. The highest BCUT2D eigenvalue weighted by Gasteiger charge is 2.22. The number of hydrogen-bond donors (Lipinski definition) is 1. The van der Waals surface area contributed by atoms with Crippen molar-refractivity contribution in [2.75, 3.05) is 31.5 Å². The van der Waals surface area contributed by atoms with Gasteiger partial charge in [0.05, 0.1) is 6.54 Å². The first-order valence-electron chi connectivity index (χ1n) is 8.56. The third-order valence-electron chi connectivity index (χ3n) is 4.44. The zero-order valence-electron chi connectivity index (χ0n) is 14.2. The molecule has 1 aliphatic rings. The third-order valence-corrected chi connectivity index (χ3v) is 4.67. The van der Waals surface area contributed by atoms with Gasteiger partial charge in [-0.1, -0.05) is 29.8 Å². The summed E-state index contributed by atoms with van der Waals surface area (Å²) in [5.74, 6) is 0.671. The van der Waals surface area contributed by atoms with Crippen LogP contribution in [0.3, 0.4) is 0 Å². The highest BCUT2D eigenvalue weighted by atomic mass is 35.5. The van der Waals surface area contributed by atoms with E-state index in [1.165, 1.54) is 0 Å². The van der Waals surface area contributed by atoms with Gasteiger partial charge in [0.15, 0.2) is 5.58 Å². The Labute approximate surface area is 156 Å². The van der Waals surface area contributed by atoms with Crippen molar-refractivity contribution in [3.8, 4) is 0 Å². The SMILES string of the molecule is O=C(Nc1ccccc1)N1CCN(Cc2nc3ccc(Cl)cc3o2)CC1. The molecule has 2 aromatic carbocycles. The van der Waals surface area contributed by atoms with E-state index in [0.717, 1.165) is 24.3 Å². The molecule has 0 radical (unpaired) electrons. The summed E-state index contributed by atoms with van der Waals surface area (Å²) in [7, 11) is 0. The Morgan fingerprint density at radius 2 is 1.88 bits per heavy atom. The van der Waals surface area contributed by atoms with Crippen molar-refractivity contribution in [1.29, 1.82) is 0 Å². The Bertz CT molecular complexity index is 904. The van der Waals surface area contributed by atoms with Crippen LogP contribution in [0, 0.1) is 0 Å². The summed E-state index contributed by atoms with van der Waals surface area (Å²) < 4.78 is 5.77. The summed E-state index contributed by atoms with van der Waals surface area (Å²) >= 11 is 5.98. The van der Waals surface area contributed by atoms with Crippen LogP contribution >= 0.6 is 11.6 Å². The summed E-state index contributed by atoms with van der Waals surface area (Å²) in [6.07, 6.45) is 0. The first kappa shape index (κ1) is 16.9. The van der Waals surface area contributed by atoms with Gasteiger partial charge in [0.1, 0.15) is 5.52 Å². The molecule has 7 heteroatoms. The van der Waals surface area contributed by atoms with Crippen LogP contribution in [0.4, 0.5) is 10.5 Å². The molecule has 0 bridgehead atoms. The summed E-state index contributed by atoms with van der Waals surface area (Å²) in [6.45, 7) is 3.53. The number of anilines is 1. The van der Waals surface area contributed by atoms with Crippen LogP contribution < -0.4 is 5.32 Å². The number of amides is 2. The van der Waals surface area contributed by atoms with Gasteiger partial charge in [0.25, 0.3) is 0 Å². The second-order valence-corrected chi connectivity index (χ2v) is 6.72. The first-order valence-corrected chi connectivity index (χ1v) is 8.93. The molecule has 1 saturated heterocycles. The number of aromatic nitrogens is 1. The molecule has 4 rings (SSSR count). The Hall–Kier alpha value is -2.57. The number of nitrogens with zero attached hydrogens (tertiary/aromatic N) is 3. The molecular weight excluding hydrogens is 352 g/mol. The molecule has 1 aliphatic heterocycles. The van der Waals surface area contributed by atoms with Crippen LogP contribution in [0.25, 0.3) is 11.1 Å². The average molecular weight is 371 g/mol. The van der Waals surface area contributed by atoms with Crippen molar-refractivity contribution in [2.45, 2.75) is 6.54 Å². The van der Waals surface area contributed by atoms with Crippen molar-refractivity contribution in [3.63, 3.8) is 0 Å². The van der Waals surface area contributed by atoms with Crippen LogP contribution in [0.1, 0.15) is 5.89 Å². The number of hydrogen-bond acceptors (Lipinski definition) is 4. The van der Waals surface area contributed by atoms with Crippen LogP contribution in [0.5, 0.6) is 0 Å². The van der Waals surface area contributed by atoms with Crippen molar-refractivity contribution in [2.24, 2.45) is 0 Å². The zero-order valence-corrected chi connectivity index (χ0v) is 14.9. The van der Waals surface area contributed by atoms with E-state index in [9.17, 15) is 4.79 Å². The maximum Gasteiger partial charge on any atom is 0.321 e. The molecule has 1 fully saturated rings. The van der Waals surface area contributed by atoms with E-state index in [4.69, 9.17) is 16.0 Å². The predicted octanol–water partition coefficient (Wildman–Crippen LogP) is 3.83. The fourth-order valence-corrected chi connectivity index (χ4v) is 3.20. The Kier molecular flexibility index (Phi) is 4.77. The van der Waals surface area contributed by atoms with E-state index in [0.29, 0.717) is 36.1 Å². The average Bonchev–Trinajstić information content (AvgIpc) is 3.04. The molecule has 0 aliphatic carbocycles. The number of fused-ring (bicyclic) bond motifs is 1. The standard InChI is InChI=1S/C19H19ClN4O2/c20-14-6-7-16-17(12-14)26-18(22-16)13-23-8-10-24(11-9-23)19(25)21-15-4-2-1-3-5-15/h1-7,12H,8-11,13H2,(H,21,25). The summed E-state index contributed by atoms with van der Waals surface area (Å²) in [6, 6.07) is 14.9. The quantitative estimate of drug-likeness (QED) is 0.761. The van der Waals surface area contributed by atoms with Crippen molar-refractivity contribution >= 4 is 34.4 Å². The molecule has 0 atom stereocenters. The summed E-state index contributed by atoms with van der Waals surface area (Å²) in [5, 5.41) is 3.56. The second kappa shape index (κ2) is 7.35. The van der Waals surface area contributed by atoms with Gasteiger partial charge in [-0.05, 0) is 24.3 Å². The van der Waals surface area contributed by atoms with Gasteiger partial charge in [-0.25, -0.2) is 9.78 Å². The van der Waals surface area contributed by atoms with E-state index in [1.54, 1.807) is 12.1 Å². The number of piperazine rings is 1. The number of carbonyl (C=O) groups excluding carboxylic acids is 1. The number of halogens is 1. The topological polar surface area (TPSA) is 61.6 Å². The minimum Gasteiger partial charge on any atom is -0.439 e. The highest BCUT2D eigenvalue weighted by Crippen LogP contribution is 2.21. The molecule has 26 heavy (non-hydrogen) atoms. The van der Waals surface area contributed by atoms with E-state index in [-0.39, 0.29) is 6.03 Å². The number of oxazole rings is 1. The molecule has 134 valence electrons. The molecule has 0 saturated carbocycles. The Balaban J connectivity index is 1.32. The number of rotatable bonds is 3. The predicted molar refractivity (Wildman–Crippen MR) is 101 cm³/mol. The monoisotopic (exact) mass is 370 g/mol. The lowest BCUT2D eigenvalue weighted by molar-refractivity contribution is 0.136. The smallest absolute Gasteiger partial charge is 0.321 e. The molecule has 1 N–H and O–H groups in total. The molecule has 1 aromatic heterocycles. The number of para-hydroxylation sites is 1. The maximum absolute atomic E-state index is 12.3. The normalized spacial score (nSPS) is 15.3. The first-order chi connectivity index (χ1) is 12.7. The fraction of sp³-hybridized carbons (Fsp3) is 0.263. The van der Waals surface area contributed by atoms with E-state index >= 15 is 0 Å². The van der Waals surface area contributed by atoms with E-state index in [2.05, 4.69) is 15.2 Å². The van der Waals surface area contributed by atoms with Gasteiger partial charge in [-0.3, -0.25) is 4.90 Å². The second-order valence-electron chi connectivity index (χ2n) is 6.28. The minimum atomic E-state index is -0.0626. The van der Waals surface area contributed by atoms with Crippen LogP contribution in [0.2, 0.25) is 5.02 Å². The number of benzene rings is 2. The lowest BCUT2D eigenvalue weighted by Crippen LogP contribution is -2.49. The summed E-state index contributed by atoms with van der Waals surface area (Å²) in [5.41, 5.74) is 2.32. The molecule has 0 spiro atoms. The minimum absolute atomic E-state index is 0.0626. The van der Waals surface area contributed by atoms with Gasteiger partial charge in [0.2, 0.25) is 5.89 Å². The van der Waals surface area contributed by atoms with Gasteiger partial charge < -0.3 is 14.6 Å². The van der Waals surface area contributed by atoms with Crippen molar-refractivity contribution < 1.29 is 9.21 Å². The number of carbonyl (C=O) groups is 1. The Morgan fingerprint density at radius 1 is 1.12 bits per heavy atom. The van der Waals surface area contributed by atoms with Crippen LogP contribution in [-0.4, -0.2) is 47.0 Å². The van der Waals surface area contributed by atoms with Crippen molar-refractivity contribution in [3.05, 3.63) is 59.4 Å². The fourth-order valence-electron chi connectivity index (χ4n) is 3.04. The number of nitrogens with one attached hydrogen (secondary N) is 1. The van der Waals surface area contributed by atoms with Crippen LogP contribution in [0.15, 0.2) is 52.9 Å². The lowest BCUT2D eigenvalue weighted by atomic mass is 10.3. The van der Waals surface area contributed by atoms with Crippen molar-refractivity contribution in [1.82, 2.24) is 14.8 Å². The third kappa shape index (κ3) is 3.81. The molecule has 0 unspecified atom stereocenters. The summed E-state index contributed by atoms with van der Waals surface area (Å²) in [4.78, 5) is 20.9. The van der Waals surface area contributed by atoms with Gasteiger partial charge >= 0.3 is 6.03 Å². The Morgan fingerprint density at radius 3 is 2.65 bits per heavy atom. The largest absolute Gasteiger partial charge is 0.439 e. The number of urea groups is 1. The highest BCUT2D eigenvalue weighted by molar-refractivity contribution is 6.31. The zero-order chi connectivity index (χ0) is 17.9. The molecule has 2 amide bonds. The van der Waals surface area contributed by atoms with Gasteiger partial charge in [0, 0.05) is 43.0 Å². The lowest BCUT2D eigenvalue weighted by Gasteiger charge is -2.33. The van der Waals surface area contributed by atoms with Gasteiger partial charge in [-0.15, -0.1) is 0 Å². The molecular formula is C19H19ClN4O2. The van der Waals surface area contributed by atoms with E-state index < -0.39 is 0 Å². The van der Waals surface area contributed by atoms with Crippen LogP contribution in [-0.2, 0) is 6.54 Å². The maximum atomic E-state index is 12.3. The molecule has 6 nitrogen and oxygen atoms in total.